The van der Waals surface area contributed by atoms with E-state index in [0.717, 1.165) is 12.1 Å². The number of hydrogen-bond acceptors (Lipinski definition) is 5. The maximum atomic E-state index is 14.1. The smallest absolute Gasteiger partial charge is 0.254 e. The lowest BCUT2D eigenvalue weighted by molar-refractivity contribution is 0.0598. The Morgan fingerprint density at radius 2 is 1.82 bits per heavy atom. The van der Waals surface area contributed by atoms with Crippen LogP contribution >= 0.6 is 0 Å². The third-order valence-corrected chi connectivity index (χ3v) is 5.96. The molecule has 4 aromatic rings. The normalized spacial score (nSPS) is 18.6. The van der Waals surface area contributed by atoms with Gasteiger partial charge in [-0.25, -0.2) is 28.1 Å². The number of rotatable bonds is 3. The zero-order chi connectivity index (χ0) is 23.1. The molecule has 6 nitrogen and oxygen atoms in total. The molecular weight excluding hydrogens is 433 g/mol. The first kappa shape index (κ1) is 21.1. The first-order chi connectivity index (χ1) is 15.9. The molecule has 9 heteroatoms. The second kappa shape index (κ2) is 8.31. The van der Waals surface area contributed by atoms with Crippen LogP contribution in [0.2, 0.25) is 0 Å². The number of fused-ring (bicyclic) bond motifs is 1. The first-order valence-corrected chi connectivity index (χ1v) is 10.5. The summed E-state index contributed by atoms with van der Waals surface area (Å²) in [5.41, 5.74) is 0.961. The molecule has 5 rings (SSSR count). The van der Waals surface area contributed by atoms with Crippen molar-refractivity contribution in [1.82, 2.24) is 19.9 Å². The Morgan fingerprint density at radius 1 is 1.06 bits per heavy atom. The van der Waals surface area contributed by atoms with Crippen molar-refractivity contribution in [3.8, 4) is 11.4 Å². The van der Waals surface area contributed by atoms with E-state index in [2.05, 4.69) is 15.0 Å². The summed E-state index contributed by atoms with van der Waals surface area (Å²) in [4.78, 5) is 27.9. The Morgan fingerprint density at radius 3 is 2.61 bits per heavy atom. The number of likely N-dealkylation sites (tertiary alicyclic amines) is 1. The Kier molecular flexibility index (Phi) is 5.32. The lowest BCUT2D eigenvalue weighted by Crippen LogP contribution is -2.45. The van der Waals surface area contributed by atoms with Crippen LogP contribution in [0.4, 0.5) is 13.2 Å². The van der Waals surface area contributed by atoms with Crippen molar-refractivity contribution in [2.45, 2.75) is 31.7 Å². The number of carbonyl (C=O) groups excluding carboxylic acids is 1. The number of aromatic nitrogens is 3. The van der Waals surface area contributed by atoms with Gasteiger partial charge in [0.05, 0.1) is 11.5 Å². The van der Waals surface area contributed by atoms with Crippen LogP contribution in [0.1, 0.15) is 41.9 Å². The van der Waals surface area contributed by atoms with E-state index in [0.29, 0.717) is 30.1 Å². The van der Waals surface area contributed by atoms with Gasteiger partial charge in [0.25, 0.3) is 5.91 Å². The van der Waals surface area contributed by atoms with E-state index in [1.807, 2.05) is 6.92 Å². The zero-order valence-electron chi connectivity index (χ0n) is 17.6. The van der Waals surface area contributed by atoms with Crippen LogP contribution in [0.5, 0.6) is 0 Å². The van der Waals surface area contributed by atoms with Crippen LogP contribution in [0, 0.1) is 17.5 Å². The van der Waals surface area contributed by atoms with Gasteiger partial charge in [-0.1, -0.05) is 0 Å². The second-order valence-corrected chi connectivity index (χ2v) is 8.13. The van der Waals surface area contributed by atoms with Gasteiger partial charge in [-0.2, -0.15) is 0 Å². The average molecular weight is 452 g/mol. The lowest BCUT2D eigenvalue weighted by atomic mass is 9.92. The molecule has 0 unspecified atom stereocenters. The Labute approximate surface area is 187 Å². The number of halogens is 3. The molecule has 2 atom stereocenters. The summed E-state index contributed by atoms with van der Waals surface area (Å²) in [6, 6.07) is 7.45. The SMILES string of the molecule is C[C@@H]1CC[C@@H](c2nc3cc(F)c(F)cc3o2)CN1C(=O)c1cc(F)ccc1-c1ncccn1. The van der Waals surface area contributed by atoms with E-state index in [4.69, 9.17) is 4.42 Å². The molecule has 3 heterocycles. The molecule has 0 radical (unpaired) electrons. The molecule has 2 aromatic carbocycles. The Bertz CT molecular complexity index is 1300. The van der Waals surface area contributed by atoms with Crippen molar-refractivity contribution in [3.05, 3.63) is 77.7 Å². The van der Waals surface area contributed by atoms with Crippen molar-refractivity contribution in [2.75, 3.05) is 6.54 Å². The van der Waals surface area contributed by atoms with Crippen LogP contribution in [-0.4, -0.2) is 38.3 Å². The fourth-order valence-corrected chi connectivity index (χ4v) is 4.19. The minimum absolute atomic E-state index is 0.110. The topological polar surface area (TPSA) is 72.1 Å². The second-order valence-electron chi connectivity index (χ2n) is 8.13. The minimum Gasteiger partial charge on any atom is -0.440 e. The van der Waals surface area contributed by atoms with Crippen LogP contribution < -0.4 is 0 Å². The number of carbonyl (C=O) groups is 1. The van der Waals surface area contributed by atoms with Crippen LogP contribution in [0.15, 0.2) is 53.2 Å². The van der Waals surface area contributed by atoms with Gasteiger partial charge in [0.1, 0.15) is 11.3 Å². The molecule has 0 N–H and O–H groups in total. The highest BCUT2D eigenvalue weighted by Gasteiger charge is 2.34. The molecule has 0 bridgehead atoms. The summed E-state index contributed by atoms with van der Waals surface area (Å²) in [5, 5.41) is 0. The van der Waals surface area contributed by atoms with E-state index in [1.54, 1.807) is 23.4 Å². The van der Waals surface area contributed by atoms with Gasteiger partial charge in [-0.05, 0) is 44.0 Å². The van der Waals surface area contributed by atoms with Crippen LogP contribution in [0.3, 0.4) is 0 Å². The van der Waals surface area contributed by atoms with Gasteiger partial charge in [0, 0.05) is 42.7 Å². The zero-order valence-corrected chi connectivity index (χ0v) is 17.6. The van der Waals surface area contributed by atoms with Crippen molar-refractivity contribution >= 4 is 17.0 Å². The highest BCUT2D eigenvalue weighted by Crippen LogP contribution is 2.34. The number of oxazole rings is 1. The van der Waals surface area contributed by atoms with Gasteiger partial charge in [-0.15, -0.1) is 0 Å². The van der Waals surface area contributed by atoms with E-state index >= 15 is 0 Å². The standard InChI is InChI=1S/C24H19F3N4O2/c1-13-3-4-14(23-30-20-10-18(26)19(27)11-21(20)33-23)12-31(13)24(32)17-9-15(25)5-6-16(17)22-28-7-2-8-29-22/h2,5-11,13-14H,3-4,12H2,1H3/t13-,14-/m1/s1. The maximum Gasteiger partial charge on any atom is 0.254 e. The van der Waals surface area contributed by atoms with Gasteiger partial charge in [0.2, 0.25) is 0 Å². The summed E-state index contributed by atoms with van der Waals surface area (Å²) < 4.78 is 46.9. The predicted octanol–water partition coefficient (Wildman–Crippen LogP) is 5.11. The molecule has 33 heavy (non-hydrogen) atoms. The molecule has 1 aliphatic heterocycles. The fraction of sp³-hybridized carbons (Fsp3) is 0.250. The molecule has 1 aliphatic rings. The fourth-order valence-electron chi connectivity index (χ4n) is 4.19. The molecule has 1 saturated heterocycles. The Hall–Kier alpha value is -3.75. The average Bonchev–Trinajstić information content (AvgIpc) is 3.22. The summed E-state index contributed by atoms with van der Waals surface area (Å²) >= 11 is 0. The van der Waals surface area contributed by atoms with Crippen LogP contribution in [0.25, 0.3) is 22.5 Å². The molecule has 2 aromatic heterocycles. The molecule has 0 aliphatic carbocycles. The summed E-state index contributed by atoms with van der Waals surface area (Å²) in [5.74, 6) is -2.55. The molecular formula is C24H19F3N4O2. The highest BCUT2D eigenvalue weighted by atomic mass is 19.2. The lowest BCUT2D eigenvalue weighted by Gasteiger charge is -2.37. The molecule has 1 fully saturated rings. The van der Waals surface area contributed by atoms with Crippen molar-refractivity contribution in [1.29, 1.82) is 0 Å². The van der Waals surface area contributed by atoms with E-state index in [-0.39, 0.29) is 41.1 Å². The third-order valence-electron chi connectivity index (χ3n) is 5.96. The summed E-state index contributed by atoms with van der Waals surface area (Å²) in [6.45, 7) is 2.19. The molecule has 0 saturated carbocycles. The highest BCUT2D eigenvalue weighted by molar-refractivity contribution is 6.00. The van der Waals surface area contributed by atoms with E-state index in [9.17, 15) is 18.0 Å². The van der Waals surface area contributed by atoms with Gasteiger partial charge in [0.15, 0.2) is 28.9 Å². The van der Waals surface area contributed by atoms with E-state index < -0.39 is 17.5 Å². The minimum atomic E-state index is -1.01. The predicted molar refractivity (Wildman–Crippen MR) is 114 cm³/mol. The van der Waals surface area contributed by atoms with E-state index in [1.165, 1.54) is 18.2 Å². The van der Waals surface area contributed by atoms with Crippen molar-refractivity contribution in [3.63, 3.8) is 0 Å². The maximum absolute atomic E-state index is 14.1. The Balaban J connectivity index is 1.47. The number of hydrogen-bond donors (Lipinski definition) is 0. The van der Waals surface area contributed by atoms with Crippen LogP contribution in [-0.2, 0) is 0 Å². The van der Waals surface area contributed by atoms with Gasteiger partial charge >= 0.3 is 0 Å². The summed E-state index contributed by atoms with van der Waals surface area (Å²) in [7, 11) is 0. The monoisotopic (exact) mass is 452 g/mol. The van der Waals surface area contributed by atoms with Crippen molar-refractivity contribution < 1.29 is 22.4 Å². The van der Waals surface area contributed by atoms with Gasteiger partial charge in [-0.3, -0.25) is 4.79 Å². The third kappa shape index (κ3) is 3.94. The number of piperidine rings is 1. The largest absolute Gasteiger partial charge is 0.440 e. The molecule has 168 valence electrons. The van der Waals surface area contributed by atoms with Gasteiger partial charge < -0.3 is 9.32 Å². The quantitative estimate of drug-likeness (QED) is 0.432. The molecule has 0 spiro atoms. The summed E-state index contributed by atoms with van der Waals surface area (Å²) in [6.07, 6.45) is 4.45. The first-order valence-electron chi connectivity index (χ1n) is 10.5. The number of nitrogens with zero attached hydrogens (tertiary/aromatic N) is 4. The number of amides is 1. The van der Waals surface area contributed by atoms with Crippen molar-refractivity contribution in [2.24, 2.45) is 0 Å². The number of benzene rings is 2. The molecule has 1 amide bonds.